The lowest BCUT2D eigenvalue weighted by atomic mass is 10.1. The van der Waals surface area contributed by atoms with Crippen molar-refractivity contribution in [3.63, 3.8) is 0 Å². The third-order valence-corrected chi connectivity index (χ3v) is 3.02. The van der Waals surface area contributed by atoms with Crippen molar-refractivity contribution in [3.05, 3.63) is 64.7 Å². The molecule has 0 bridgehead atoms. The fraction of sp³-hybridized carbons (Fsp3) is 0.0625. The lowest BCUT2D eigenvalue weighted by molar-refractivity contribution is 0.104. The Morgan fingerprint density at radius 2 is 1.90 bits per heavy atom. The normalized spacial score (nSPS) is 10.7. The van der Waals surface area contributed by atoms with Crippen molar-refractivity contribution in [3.8, 4) is 11.5 Å². The number of rotatable bonds is 4. The van der Waals surface area contributed by atoms with E-state index < -0.39 is 0 Å². The Balaban J connectivity index is 2.21. The van der Waals surface area contributed by atoms with Crippen molar-refractivity contribution in [1.82, 2.24) is 0 Å². The molecule has 0 fully saturated rings. The van der Waals surface area contributed by atoms with Crippen LogP contribution >= 0.6 is 11.6 Å². The highest BCUT2D eigenvalue weighted by Gasteiger charge is 2.09. The maximum atomic E-state index is 12.0. The molecule has 0 aliphatic carbocycles. The van der Waals surface area contributed by atoms with Crippen LogP contribution in [0.1, 0.15) is 15.9 Å². The molecule has 2 aromatic rings. The second-order valence-electron chi connectivity index (χ2n) is 4.13. The molecule has 0 aromatic heterocycles. The summed E-state index contributed by atoms with van der Waals surface area (Å²) in [7, 11) is 1.50. The summed E-state index contributed by atoms with van der Waals surface area (Å²) >= 11 is 5.79. The van der Waals surface area contributed by atoms with Crippen molar-refractivity contribution in [2.45, 2.75) is 0 Å². The minimum atomic E-state index is -0.295. The zero-order chi connectivity index (χ0) is 14.5. The van der Waals surface area contributed by atoms with Crippen LogP contribution in [0, 0.1) is 0 Å². The third kappa shape index (κ3) is 3.39. The Morgan fingerprint density at radius 1 is 1.20 bits per heavy atom. The number of aromatic hydroxyl groups is 1. The number of carbonyl (C=O) groups excluding carboxylic acids is 1. The molecule has 2 aromatic carbocycles. The predicted octanol–water partition coefficient (Wildman–Crippen LogP) is 3.95. The molecular weight excluding hydrogens is 276 g/mol. The van der Waals surface area contributed by atoms with Crippen molar-refractivity contribution in [1.29, 1.82) is 0 Å². The van der Waals surface area contributed by atoms with Gasteiger partial charge in [-0.05, 0) is 42.0 Å². The number of carbonyl (C=O) groups is 1. The maximum Gasteiger partial charge on any atom is 0.189 e. The van der Waals surface area contributed by atoms with Gasteiger partial charge in [0.2, 0.25) is 0 Å². The summed E-state index contributed by atoms with van der Waals surface area (Å²) in [6.45, 7) is 0. The van der Waals surface area contributed by atoms with E-state index in [1.165, 1.54) is 25.3 Å². The number of halogens is 1. The van der Waals surface area contributed by atoms with E-state index in [1.807, 2.05) is 0 Å². The van der Waals surface area contributed by atoms with Crippen molar-refractivity contribution in [2.75, 3.05) is 7.11 Å². The number of phenolic OH excluding ortho intramolecular Hbond substituents is 1. The van der Waals surface area contributed by atoms with Crippen LogP contribution in [-0.2, 0) is 0 Å². The van der Waals surface area contributed by atoms with E-state index in [4.69, 9.17) is 16.3 Å². The second-order valence-corrected chi connectivity index (χ2v) is 4.57. The molecule has 0 unspecified atom stereocenters. The van der Waals surface area contributed by atoms with Gasteiger partial charge in [0.25, 0.3) is 0 Å². The highest BCUT2D eigenvalue weighted by Crippen LogP contribution is 2.23. The predicted molar refractivity (Wildman–Crippen MR) is 79.5 cm³/mol. The number of benzene rings is 2. The van der Waals surface area contributed by atoms with E-state index in [0.717, 1.165) is 5.56 Å². The molecule has 0 saturated carbocycles. The fourth-order valence-corrected chi connectivity index (χ4v) is 1.80. The van der Waals surface area contributed by atoms with Crippen LogP contribution in [0.15, 0.2) is 48.5 Å². The first-order valence-electron chi connectivity index (χ1n) is 5.95. The quantitative estimate of drug-likeness (QED) is 0.684. The van der Waals surface area contributed by atoms with E-state index >= 15 is 0 Å². The van der Waals surface area contributed by atoms with Crippen LogP contribution in [0.25, 0.3) is 6.08 Å². The molecule has 0 aliphatic rings. The molecule has 0 amide bonds. The smallest absolute Gasteiger partial charge is 0.189 e. The Kier molecular flexibility index (Phi) is 4.43. The Labute approximate surface area is 122 Å². The molecule has 1 N–H and O–H groups in total. The molecule has 20 heavy (non-hydrogen) atoms. The largest absolute Gasteiger partial charge is 0.507 e. The van der Waals surface area contributed by atoms with Crippen molar-refractivity contribution in [2.24, 2.45) is 0 Å². The number of ether oxygens (including phenoxy) is 1. The number of hydrogen-bond acceptors (Lipinski definition) is 3. The molecule has 0 atom stereocenters. The van der Waals surface area contributed by atoms with Crippen LogP contribution < -0.4 is 4.74 Å². The Hall–Kier alpha value is -2.26. The lowest BCUT2D eigenvalue weighted by Gasteiger charge is -2.04. The number of methoxy groups -OCH3 is 1. The second kappa shape index (κ2) is 6.26. The standard InChI is InChI=1S/C16H13ClO3/c1-20-13-7-9-16(19)14(10-13)15(18)8-4-11-2-5-12(17)6-3-11/h2-10,19H,1H3/b8-4+. The summed E-state index contributed by atoms with van der Waals surface area (Å²) in [5.41, 5.74) is 1.06. The molecule has 2 rings (SSSR count). The van der Waals surface area contributed by atoms with E-state index in [2.05, 4.69) is 0 Å². The minimum absolute atomic E-state index is 0.0726. The number of hydrogen-bond donors (Lipinski definition) is 1. The number of ketones is 1. The summed E-state index contributed by atoms with van der Waals surface area (Å²) < 4.78 is 5.03. The zero-order valence-electron chi connectivity index (χ0n) is 10.8. The molecule has 0 aliphatic heterocycles. The summed E-state index contributed by atoms with van der Waals surface area (Å²) in [6, 6.07) is 11.6. The van der Waals surface area contributed by atoms with Gasteiger partial charge in [0.1, 0.15) is 11.5 Å². The SMILES string of the molecule is COc1ccc(O)c(C(=O)/C=C/c2ccc(Cl)cc2)c1. The molecule has 0 heterocycles. The first-order valence-corrected chi connectivity index (χ1v) is 6.33. The summed E-state index contributed by atoms with van der Waals surface area (Å²) in [5.74, 6) is 0.152. The van der Waals surface area contributed by atoms with Gasteiger partial charge in [-0.3, -0.25) is 4.79 Å². The average Bonchev–Trinajstić information content (AvgIpc) is 2.47. The Morgan fingerprint density at radius 3 is 2.55 bits per heavy atom. The molecule has 102 valence electrons. The van der Waals surface area contributed by atoms with Crippen LogP contribution in [-0.4, -0.2) is 18.0 Å². The van der Waals surface area contributed by atoms with E-state index in [9.17, 15) is 9.90 Å². The highest BCUT2D eigenvalue weighted by molar-refractivity contribution is 6.30. The van der Waals surface area contributed by atoms with Gasteiger partial charge in [-0.25, -0.2) is 0 Å². The van der Waals surface area contributed by atoms with Crippen molar-refractivity contribution >= 4 is 23.5 Å². The molecular formula is C16H13ClO3. The Bertz CT molecular complexity index is 645. The highest BCUT2D eigenvalue weighted by atomic mass is 35.5. The van der Waals surface area contributed by atoms with Gasteiger partial charge in [-0.2, -0.15) is 0 Å². The average molecular weight is 289 g/mol. The van der Waals surface area contributed by atoms with E-state index in [-0.39, 0.29) is 17.1 Å². The third-order valence-electron chi connectivity index (χ3n) is 2.77. The molecule has 0 spiro atoms. The van der Waals surface area contributed by atoms with Gasteiger partial charge in [-0.15, -0.1) is 0 Å². The minimum Gasteiger partial charge on any atom is -0.507 e. The van der Waals surface area contributed by atoms with Gasteiger partial charge in [0.15, 0.2) is 5.78 Å². The number of allylic oxidation sites excluding steroid dienone is 1. The van der Waals surface area contributed by atoms with Gasteiger partial charge in [0.05, 0.1) is 12.7 Å². The zero-order valence-corrected chi connectivity index (χ0v) is 11.6. The molecule has 4 heteroatoms. The molecule has 3 nitrogen and oxygen atoms in total. The van der Waals surface area contributed by atoms with Crippen LogP contribution in [0.2, 0.25) is 5.02 Å². The van der Waals surface area contributed by atoms with Gasteiger partial charge in [0, 0.05) is 5.02 Å². The van der Waals surface area contributed by atoms with E-state index in [0.29, 0.717) is 10.8 Å². The monoisotopic (exact) mass is 288 g/mol. The summed E-state index contributed by atoms with van der Waals surface area (Å²) in [6.07, 6.45) is 3.06. The number of phenols is 1. The van der Waals surface area contributed by atoms with E-state index in [1.54, 1.807) is 36.4 Å². The van der Waals surface area contributed by atoms with Crippen LogP contribution in [0.5, 0.6) is 11.5 Å². The van der Waals surface area contributed by atoms with Crippen LogP contribution in [0.3, 0.4) is 0 Å². The first-order chi connectivity index (χ1) is 9.60. The molecule has 0 saturated heterocycles. The van der Waals surface area contributed by atoms with Gasteiger partial charge < -0.3 is 9.84 Å². The summed E-state index contributed by atoms with van der Waals surface area (Å²) in [5, 5.41) is 10.3. The van der Waals surface area contributed by atoms with Gasteiger partial charge >= 0.3 is 0 Å². The first kappa shape index (κ1) is 14.2. The van der Waals surface area contributed by atoms with Crippen molar-refractivity contribution < 1.29 is 14.6 Å². The fourth-order valence-electron chi connectivity index (χ4n) is 1.68. The van der Waals surface area contributed by atoms with Crippen LogP contribution in [0.4, 0.5) is 0 Å². The summed E-state index contributed by atoms with van der Waals surface area (Å²) in [4.78, 5) is 12.0. The van der Waals surface area contributed by atoms with Gasteiger partial charge in [-0.1, -0.05) is 29.8 Å². The maximum absolute atomic E-state index is 12.0. The molecule has 0 radical (unpaired) electrons. The lowest BCUT2D eigenvalue weighted by Crippen LogP contribution is -1.96. The topological polar surface area (TPSA) is 46.5 Å².